The molecule has 2 fully saturated rings. The third-order valence-corrected chi connectivity index (χ3v) is 8.69. The molecular weight excluding hydrogens is 422 g/mol. The first-order chi connectivity index (χ1) is 13.4. The molecule has 8 nitrogen and oxygen atoms in total. The number of carbonyl (C=O) groups excluding carboxylic acids is 2. The van der Waals surface area contributed by atoms with Crippen molar-refractivity contribution < 1.29 is 22.7 Å². The van der Waals surface area contributed by atoms with E-state index in [-0.39, 0.29) is 9.77 Å². The van der Waals surface area contributed by atoms with Gasteiger partial charge in [0.2, 0.25) is 10.0 Å². The maximum absolute atomic E-state index is 12.8. The van der Waals surface area contributed by atoms with Crippen LogP contribution >= 0.6 is 23.1 Å². The van der Waals surface area contributed by atoms with E-state index in [1.807, 2.05) is 0 Å². The Labute approximate surface area is 172 Å². The van der Waals surface area contributed by atoms with E-state index in [1.165, 1.54) is 15.8 Å². The fraction of sp³-hybridized carbons (Fsp3) is 0.588. The lowest BCUT2D eigenvalue weighted by atomic mass is 10.00. The number of nitrogens with one attached hydrogen (secondary N) is 1. The average molecular weight is 444 g/mol. The third kappa shape index (κ3) is 4.51. The van der Waals surface area contributed by atoms with Crippen molar-refractivity contribution in [2.75, 3.05) is 31.2 Å². The fourth-order valence-corrected chi connectivity index (χ4v) is 7.18. The van der Waals surface area contributed by atoms with Crippen molar-refractivity contribution in [3.05, 3.63) is 16.3 Å². The van der Waals surface area contributed by atoms with Crippen molar-refractivity contribution in [1.82, 2.24) is 9.62 Å². The van der Waals surface area contributed by atoms with Gasteiger partial charge in [0, 0.05) is 24.6 Å². The Kier molecular flexibility index (Phi) is 6.65. The van der Waals surface area contributed by atoms with E-state index in [2.05, 4.69) is 11.4 Å². The molecule has 0 radical (unpaired) electrons. The third-order valence-electron chi connectivity index (χ3n) is 4.79. The highest BCUT2D eigenvalue weighted by Crippen LogP contribution is 2.29. The number of nitrogens with zero attached hydrogens (tertiary/aromatic N) is 2. The highest BCUT2D eigenvalue weighted by Gasteiger charge is 2.36. The summed E-state index contributed by atoms with van der Waals surface area (Å²) < 4.78 is 32.0. The smallest absolute Gasteiger partial charge is 0.350 e. The highest BCUT2D eigenvalue weighted by molar-refractivity contribution is 7.99. The summed E-state index contributed by atoms with van der Waals surface area (Å²) in [5.41, 5.74) is -0.896. The second-order valence-electron chi connectivity index (χ2n) is 6.66. The molecule has 1 aliphatic heterocycles. The van der Waals surface area contributed by atoms with Crippen LogP contribution in [0.2, 0.25) is 0 Å². The number of sulfonamides is 1. The van der Waals surface area contributed by atoms with Gasteiger partial charge in [0.25, 0.3) is 5.91 Å². The molecule has 1 aliphatic carbocycles. The van der Waals surface area contributed by atoms with Gasteiger partial charge in [0.15, 0.2) is 6.61 Å². The van der Waals surface area contributed by atoms with E-state index in [0.717, 1.165) is 24.2 Å². The zero-order valence-corrected chi connectivity index (χ0v) is 17.6. The Hall–Kier alpha value is -1.61. The Balaban J connectivity index is 1.63. The van der Waals surface area contributed by atoms with E-state index < -0.39 is 34.0 Å². The molecular formula is C17H21N3O5S3. The van der Waals surface area contributed by atoms with Crippen molar-refractivity contribution in [2.45, 2.75) is 36.1 Å². The van der Waals surface area contributed by atoms with E-state index in [1.54, 1.807) is 11.8 Å². The van der Waals surface area contributed by atoms with Gasteiger partial charge < -0.3 is 10.1 Å². The molecule has 0 aromatic carbocycles. The van der Waals surface area contributed by atoms with Crippen molar-refractivity contribution in [1.29, 1.82) is 5.26 Å². The number of amides is 1. The SMILES string of the molecule is N#CC1(NC(=O)COC(=O)c2sccc2S(=O)(=O)N2CCSCC2)CCCC1. The Morgan fingerprint density at radius 3 is 2.61 bits per heavy atom. The minimum atomic E-state index is -3.78. The molecule has 3 rings (SSSR count). The van der Waals surface area contributed by atoms with Crippen molar-refractivity contribution >= 4 is 45.0 Å². The second kappa shape index (κ2) is 8.82. The molecule has 0 bridgehead atoms. The number of hydrogen-bond acceptors (Lipinski definition) is 8. The summed E-state index contributed by atoms with van der Waals surface area (Å²) in [5.74, 6) is 0.00634. The van der Waals surface area contributed by atoms with Crippen molar-refractivity contribution in [3.63, 3.8) is 0 Å². The molecule has 152 valence electrons. The fourth-order valence-electron chi connectivity index (χ4n) is 3.32. The number of carbonyl (C=O) groups is 2. The molecule has 1 aromatic heterocycles. The van der Waals surface area contributed by atoms with Crippen LogP contribution in [0.4, 0.5) is 0 Å². The number of thioether (sulfide) groups is 1. The lowest BCUT2D eigenvalue weighted by Gasteiger charge is -2.25. The Morgan fingerprint density at radius 2 is 1.96 bits per heavy atom. The maximum Gasteiger partial charge on any atom is 0.350 e. The molecule has 11 heteroatoms. The molecule has 28 heavy (non-hydrogen) atoms. The predicted octanol–water partition coefficient (Wildman–Crippen LogP) is 1.59. The highest BCUT2D eigenvalue weighted by atomic mass is 32.2. The van der Waals surface area contributed by atoms with E-state index in [4.69, 9.17) is 4.74 Å². The number of hydrogen-bond donors (Lipinski definition) is 1. The number of nitriles is 1. The van der Waals surface area contributed by atoms with Gasteiger partial charge in [-0.3, -0.25) is 4.79 Å². The van der Waals surface area contributed by atoms with Crippen molar-refractivity contribution in [2.24, 2.45) is 0 Å². The monoisotopic (exact) mass is 443 g/mol. The van der Waals surface area contributed by atoms with Crippen LogP contribution in [-0.2, 0) is 19.6 Å². The summed E-state index contributed by atoms with van der Waals surface area (Å²) in [4.78, 5) is 24.4. The molecule has 0 atom stereocenters. The molecule has 0 unspecified atom stereocenters. The zero-order valence-electron chi connectivity index (χ0n) is 15.2. The summed E-state index contributed by atoms with van der Waals surface area (Å²) in [6.45, 7) is 0.242. The molecule has 1 aromatic rings. The Morgan fingerprint density at radius 1 is 1.29 bits per heavy atom. The van der Waals surface area contributed by atoms with Crippen LogP contribution in [0.15, 0.2) is 16.3 Å². The number of thiophene rings is 1. The quantitative estimate of drug-likeness (QED) is 0.664. The van der Waals surface area contributed by atoms with E-state index >= 15 is 0 Å². The molecule has 1 amide bonds. The number of rotatable bonds is 6. The van der Waals surface area contributed by atoms with Gasteiger partial charge in [-0.1, -0.05) is 0 Å². The molecule has 1 N–H and O–H groups in total. The van der Waals surface area contributed by atoms with Gasteiger partial charge in [-0.15, -0.1) is 11.3 Å². The van der Waals surface area contributed by atoms with Crippen LogP contribution < -0.4 is 5.32 Å². The Bertz CT molecular complexity index is 878. The predicted molar refractivity (Wildman–Crippen MR) is 106 cm³/mol. The summed E-state index contributed by atoms with van der Waals surface area (Å²) in [7, 11) is -3.78. The number of ether oxygens (including phenoxy) is 1. The van der Waals surface area contributed by atoms with Crippen LogP contribution in [0.25, 0.3) is 0 Å². The largest absolute Gasteiger partial charge is 0.451 e. The molecule has 0 spiro atoms. The molecule has 1 saturated heterocycles. The lowest BCUT2D eigenvalue weighted by Crippen LogP contribution is -2.46. The van der Waals surface area contributed by atoms with Gasteiger partial charge >= 0.3 is 5.97 Å². The van der Waals surface area contributed by atoms with Crippen LogP contribution in [0, 0.1) is 11.3 Å². The molecule has 2 aliphatic rings. The first kappa shape index (κ1) is 21.1. The number of esters is 1. The minimum Gasteiger partial charge on any atom is -0.451 e. The maximum atomic E-state index is 12.8. The second-order valence-corrected chi connectivity index (χ2v) is 10.7. The van der Waals surface area contributed by atoms with Crippen LogP contribution in [-0.4, -0.2) is 61.3 Å². The van der Waals surface area contributed by atoms with Crippen LogP contribution in [0.5, 0.6) is 0 Å². The van der Waals surface area contributed by atoms with Gasteiger partial charge in [-0.05, 0) is 37.1 Å². The summed E-state index contributed by atoms with van der Waals surface area (Å²) in [6, 6.07) is 3.52. The first-order valence-corrected chi connectivity index (χ1v) is 12.4. The van der Waals surface area contributed by atoms with E-state index in [0.29, 0.717) is 37.4 Å². The van der Waals surface area contributed by atoms with Crippen LogP contribution in [0.1, 0.15) is 35.4 Å². The summed E-state index contributed by atoms with van der Waals surface area (Å²) >= 11 is 2.65. The standard InChI is InChI=1S/C17H21N3O5S3/c18-12-17(4-1-2-5-17)19-14(21)11-25-16(22)15-13(3-8-27-15)28(23,24)20-6-9-26-10-7-20/h3,8H,1-2,4-7,9-11H2,(H,19,21). The molecule has 1 saturated carbocycles. The van der Waals surface area contributed by atoms with Gasteiger partial charge in [-0.2, -0.15) is 21.3 Å². The minimum absolute atomic E-state index is 0.0399. The molecule has 2 heterocycles. The van der Waals surface area contributed by atoms with Gasteiger partial charge in [0.05, 0.1) is 6.07 Å². The van der Waals surface area contributed by atoms with Gasteiger partial charge in [-0.25, -0.2) is 13.2 Å². The van der Waals surface area contributed by atoms with Crippen LogP contribution in [0.3, 0.4) is 0 Å². The van der Waals surface area contributed by atoms with Crippen molar-refractivity contribution in [3.8, 4) is 6.07 Å². The summed E-state index contributed by atoms with van der Waals surface area (Å²) in [5, 5.41) is 13.5. The normalized spacial score (nSPS) is 19.7. The summed E-state index contributed by atoms with van der Waals surface area (Å²) in [6.07, 6.45) is 2.87. The van der Waals surface area contributed by atoms with Gasteiger partial charge in [0.1, 0.15) is 15.3 Å². The first-order valence-electron chi connectivity index (χ1n) is 8.93. The zero-order chi connectivity index (χ0) is 20.2. The van der Waals surface area contributed by atoms with E-state index in [9.17, 15) is 23.3 Å². The topological polar surface area (TPSA) is 117 Å². The average Bonchev–Trinajstić information content (AvgIpc) is 3.37. The lowest BCUT2D eigenvalue weighted by molar-refractivity contribution is -0.125.